The van der Waals surface area contributed by atoms with Crippen molar-refractivity contribution in [1.82, 2.24) is 9.80 Å². The smallest absolute Gasteiger partial charge is 0.320 e. The molecule has 2 rings (SSSR count). The summed E-state index contributed by atoms with van der Waals surface area (Å²) in [6.45, 7) is 10.4. The van der Waals surface area contributed by atoms with Crippen LogP contribution in [-0.4, -0.2) is 59.1 Å². The van der Waals surface area contributed by atoms with Crippen LogP contribution in [-0.2, 0) is 4.79 Å². The zero-order chi connectivity index (χ0) is 12.8. The first-order valence-corrected chi connectivity index (χ1v) is 6.93. The van der Waals surface area contributed by atoms with Crippen molar-refractivity contribution in [2.75, 3.05) is 26.2 Å². The zero-order valence-corrected chi connectivity index (χ0v) is 11.4. The molecule has 2 unspecified atom stereocenters. The van der Waals surface area contributed by atoms with E-state index in [2.05, 4.69) is 16.7 Å². The molecule has 4 nitrogen and oxygen atoms in total. The molecule has 2 saturated heterocycles. The fraction of sp³-hybridized carbons (Fsp3) is 0.923. The van der Waals surface area contributed by atoms with Gasteiger partial charge in [-0.15, -0.1) is 0 Å². The molecule has 0 radical (unpaired) electrons. The minimum atomic E-state index is -0.637. The van der Waals surface area contributed by atoms with Crippen LogP contribution < -0.4 is 0 Å². The summed E-state index contributed by atoms with van der Waals surface area (Å²) in [5.74, 6) is -0.637. The van der Waals surface area contributed by atoms with Gasteiger partial charge in [-0.3, -0.25) is 9.69 Å². The Hall–Kier alpha value is -0.610. The van der Waals surface area contributed by atoms with Crippen LogP contribution in [0.1, 0.15) is 40.0 Å². The van der Waals surface area contributed by atoms with E-state index in [4.69, 9.17) is 5.11 Å². The predicted molar refractivity (Wildman–Crippen MR) is 69.2 cm³/mol. The summed E-state index contributed by atoms with van der Waals surface area (Å²) in [6, 6.07) is 0.264. The molecule has 2 aliphatic rings. The van der Waals surface area contributed by atoms with Gasteiger partial charge in [-0.2, -0.15) is 0 Å². The van der Waals surface area contributed by atoms with Crippen LogP contribution in [0.25, 0.3) is 0 Å². The molecule has 0 spiro atoms. The number of nitrogens with zero attached hydrogens (tertiary/aromatic N) is 2. The molecule has 0 saturated carbocycles. The van der Waals surface area contributed by atoms with Crippen molar-refractivity contribution in [2.24, 2.45) is 0 Å². The Morgan fingerprint density at radius 3 is 2.53 bits per heavy atom. The van der Waals surface area contributed by atoms with E-state index in [0.717, 1.165) is 45.4 Å². The van der Waals surface area contributed by atoms with Gasteiger partial charge in [0.15, 0.2) is 0 Å². The fourth-order valence-electron chi connectivity index (χ4n) is 2.86. The van der Waals surface area contributed by atoms with Crippen molar-refractivity contribution in [2.45, 2.75) is 52.1 Å². The summed E-state index contributed by atoms with van der Waals surface area (Å²) < 4.78 is 0. The van der Waals surface area contributed by atoms with Crippen LogP contribution in [0.5, 0.6) is 0 Å². The highest BCUT2D eigenvalue weighted by Gasteiger charge is 2.37. The van der Waals surface area contributed by atoms with Crippen molar-refractivity contribution >= 4 is 5.97 Å². The molecule has 0 aliphatic carbocycles. The molecule has 100 valence electrons. The average molecular weight is 242 g/mol. The number of hydrogen-bond donors (Lipinski definition) is 1. The lowest BCUT2D eigenvalue weighted by atomic mass is 10.1. The SMILES string of the molecule is CC.CCN1CCC(N2CCCC2C(=O)O)C1. The topological polar surface area (TPSA) is 43.8 Å². The lowest BCUT2D eigenvalue weighted by molar-refractivity contribution is -0.142. The third-order valence-corrected chi connectivity index (χ3v) is 3.74. The van der Waals surface area contributed by atoms with E-state index in [0.29, 0.717) is 6.04 Å². The molecule has 2 fully saturated rings. The molecule has 17 heavy (non-hydrogen) atoms. The van der Waals surface area contributed by atoms with E-state index in [1.807, 2.05) is 13.8 Å². The van der Waals surface area contributed by atoms with Crippen molar-refractivity contribution in [3.63, 3.8) is 0 Å². The van der Waals surface area contributed by atoms with Gasteiger partial charge in [-0.25, -0.2) is 0 Å². The van der Waals surface area contributed by atoms with Crippen molar-refractivity contribution in [3.8, 4) is 0 Å². The maximum Gasteiger partial charge on any atom is 0.320 e. The standard InChI is InChI=1S/C11H20N2O2.C2H6/c1-2-12-7-5-9(8-12)13-6-3-4-10(13)11(14)15;1-2/h9-10H,2-8H2,1H3,(H,14,15);1-2H3. The second-order valence-corrected chi connectivity index (χ2v) is 4.57. The van der Waals surface area contributed by atoms with Crippen LogP contribution in [0.2, 0.25) is 0 Å². The van der Waals surface area contributed by atoms with Crippen molar-refractivity contribution in [1.29, 1.82) is 0 Å². The van der Waals surface area contributed by atoms with Crippen LogP contribution >= 0.6 is 0 Å². The second-order valence-electron chi connectivity index (χ2n) is 4.57. The van der Waals surface area contributed by atoms with E-state index < -0.39 is 5.97 Å². The molecule has 2 aliphatic heterocycles. The van der Waals surface area contributed by atoms with Gasteiger partial charge in [-0.05, 0) is 38.9 Å². The van der Waals surface area contributed by atoms with Gasteiger partial charge in [0, 0.05) is 12.6 Å². The molecule has 0 aromatic rings. The number of likely N-dealkylation sites (N-methyl/N-ethyl adjacent to an activating group) is 1. The van der Waals surface area contributed by atoms with Crippen molar-refractivity contribution in [3.05, 3.63) is 0 Å². The van der Waals surface area contributed by atoms with Crippen LogP contribution in [0.15, 0.2) is 0 Å². The van der Waals surface area contributed by atoms with Gasteiger partial charge >= 0.3 is 5.97 Å². The Balaban J connectivity index is 0.000000686. The Bertz CT molecular complexity index is 246. The maximum atomic E-state index is 11.1. The Kier molecular flexibility index (Phi) is 5.92. The van der Waals surface area contributed by atoms with Crippen LogP contribution in [0, 0.1) is 0 Å². The summed E-state index contributed by atoms with van der Waals surface area (Å²) in [5, 5.41) is 9.11. The Morgan fingerprint density at radius 1 is 1.29 bits per heavy atom. The van der Waals surface area contributed by atoms with E-state index in [1.165, 1.54) is 0 Å². The lowest BCUT2D eigenvalue weighted by Crippen LogP contribution is -2.44. The first-order chi connectivity index (χ1) is 8.22. The molecule has 0 amide bonds. The van der Waals surface area contributed by atoms with Gasteiger partial charge in [0.05, 0.1) is 0 Å². The largest absolute Gasteiger partial charge is 0.480 e. The van der Waals surface area contributed by atoms with E-state index >= 15 is 0 Å². The number of rotatable bonds is 3. The zero-order valence-electron chi connectivity index (χ0n) is 11.4. The maximum absolute atomic E-state index is 11.1. The first kappa shape index (κ1) is 14.5. The summed E-state index contributed by atoms with van der Waals surface area (Å²) >= 11 is 0. The number of likely N-dealkylation sites (tertiary alicyclic amines) is 2. The molecule has 2 heterocycles. The molecule has 0 bridgehead atoms. The molecule has 2 atom stereocenters. The van der Waals surface area contributed by atoms with E-state index in [-0.39, 0.29) is 6.04 Å². The highest BCUT2D eigenvalue weighted by atomic mass is 16.4. The number of carbonyl (C=O) groups is 1. The number of hydrogen-bond acceptors (Lipinski definition) is 3. The Morgan fingerprint density at radius 2 is 2.00 bits per heavy atom. The van der Waals surface area contributed by atoms with Crippen molar-refractivity contribution < 1.29 is 9.90 Å². The number of aliphatic carboxylic acids is 1. The Labute approximate surface area is 105 Å². The van der Waals surface area contributed by atoms with Gasteiger partial charge in [0.1, 0.15) is 6.04 Å². The van der Waals surface area contributed by atoms with Crippen LogP contribution in [0.4, 0.5) is 0 Å². The van der Waals surface area contributed by atoms with Gasteiger partial charge in [0.25, 0.3) is 0 Å². The minimum absolute atomic E-state index is 0.216. The molecular weight excluding hydrogens is 216 g/mol. The van der Waals surface area contributed by atoms with E-state index in [1.54, 1.807) is 0 Å². The normalized spacial score (nSPS) is 30.1. The summed E-state index contributed by atoms with van der Waals surface area (Å²) in [7, 11) is 0. The van der Waals surface area contributed by atoms with E-state index in [9.17, 15) is 4.79 Å². The molecule has 4 heteroatoms. The average Bonchev–Trinajstić information content (AvgIpc) is 2.99. The lowest BCUT2D eigenvalue weighted by Gasteiger charge is -2.27. The summed E-state index contributed by atoms with van der Waals surface area (Å²) in [4.78, 5) is 15.7. The molecular formula is C13H26N2O2. The van der Waals surface area contributed by atoms with Gasteiger partial charge in [0.2, 0.25) is 0 Å². The number of carboxylic acids is 1. The molecule has 0 aromatic heterocycles. The van der Waals surface area contributed by atoms with Crippen LogP contribution in [0.3, 0.4) is 0 Å². The molecule has 1 N–H and O–H groups in total. The number of carboxylic acid groups (broad SMARTS) is 1. The summed E-state index contributed by atoms with van der Waals surface area (Å²) in [5.41, 5.74) is 0. The van der Waals surface area contributed by atoms with Gasteiger partial charge in [-0.1, -0.05) is 20.8 Å². The van der Waals surface area contributed by atoms with Gasteiger partial charge < -0.3 is 10.0 Å². The quantitative estimate of drug-likeness (QED) is 0.817. The fourth-order valence-corrected chi connectivity index (χ4v) is 2.86. The third-order valence-electron chi connectivity index (χ3n) is 3.74. The molecule has 0 aromatic carbocycles. The first-order valence-electron chi connectivity index (χ1n) is 6.93. The third kappa shape index (κ3) is 3.42. The predicted octanol–water partition coefficient (Wildman–Crippen LogP) is 1.66. The highest BCUT2D eigenvalue weighted by molar-refractivity contribution is 5.73. The second kappa shape index (κ2) is 6.97. The monoisotopic (exact) mass is 242 g/mol. The summed E-state index contributed by atoms with van der Waals surface area (Å²) in [6.07, 6.45) is 3.01. The highest BCUT2D eigenvalue weighted by Crippen LogP contribution is 2.25. The minimum Gasteiger partial charge on any atom is -0.480 e.